The van der Waals surface area contributed by atoms with Crippen molar-refractivity contribution < 1.29 is 19.4 Å². The summed E-state index contributed by atoms with van der Waals surface area (Å²) < 4.78 is 5.19. The van der Waals surface area contributed by atoms with Crippen LogP contribution in [0.4, 0.5) is 0 Å². The van der Waals surface area contributed by atoms with Crippen LogP contribution in [0.1, 0.15) is 12.0 Å². The van der Waals surface area contributed by atoms with Gasteiger partial charge in [0, 0.05) is 19.6 Å². The third-order valence-electron chi connectivity index (χ3n) is 5.37. The van der Waals surface area contributed by atoms with Crippen molar-refractivity contribution in [1.29, 1.82) is 0 Å². The minimum absolute atomic E-state index is 0.0130. The summed E-state index contributed by atoms with van der Waals surface area (Å²) in [5, 5.41) is 9.79. The summed E-state index contributed by atoms with van der Waals surface area (Å²) in [6.07, 6.45) is 1.10. The van der Waals surface area contributed by atoms with Crippen LogP contribution in [0.5, 0.6) is 5.75 Å². The first-order valence-corrected chi connectivity index (χ1v) is 8.27. The number of carboxylic acid groups (broad SMARTS) is 1. The normalized spacial score (nSPS) is 26.9. The second-order valence-electron chi connectivity index (χ2n) is 6.99. The number of carbonyl (C=O) groups excluding carboxylic acids is 1. The second kappa shape index (κ2) is 6.43. The van der Waals surface area contributed by atoms with Crippen molar-refractivity contribution in [3.05, 3.63) is 29.8 Å². The molecule has 2 atom stereocenters. The highest BCUT2D eigenvalue weighted by Crippen LogP contribution is 2.42. The van der Waals surface area contributed by atoms with Crippen LogP contribution in [0, 0.1) is 11.3 Å². The Hall–Kier alpha value is -2.08. The molecule has 0 unspecified atom stereocenters. The minimum atomic E-state index is -0.822. The maximum atomic E-state index is 12.7. The lowest BCUT2D eigenvalue weighted by Gasteiger charge is -2.39. The first-order valence-electron chi connectivity index (χ1n) is 8.27. The maximum Gasteiger partial charge on any atom is 0.313 e. The summed E-state index contributed by atoms with van der Waals surface area (Å²) in [5.41, 5.74) is 0.0625. The molecule has 1 aromatic rings. The highest BCUT2D eigenvalue weighted by molar-refractivity contribution is 5.82. The largest absolute Gasteiger partial charge is 0.497 e. The lowest BCUT2D eigenvalue weighted by Crippen LogP contribution is -2.52. The summed E-state index contributed by atoms with van der Waals surface area (Å²) in [7, 11) is 3.54. The molecule has 2 saturated heterocycles. The molecule has 2 aliphatic heterocycles. The van der Waals surface area contributed by atoms with Gasteiger partial charge < -0.3 is 19.6 Å². The highest BCUT2D eigenvalue weighted by atomic mass is 16.5. The molecule has 0 bridgehead atoms. The zero-order valence-electron chi connectivity index (χ0n) is 14.2. The van der Waals surface area contributed by atoms with Crippen LogP contribution in [0.2, 0.25) is 0 Å². The number of methoxy groups -OCH3 is 1. The van der Waals surface area contributed by atoms with E-state index in [2.05, 4.69) is 4.90 Å². The molecule has 0 spiro atoms. The Morgan fingerprint density at radius 2 is 2.17 bits per heavy atom. The molecule has 0 saturated carbocycles. The molecule has 2 fully saturated rings. The van der Waals surface area contributed by atoms with Gasteiger partial charge in [0.15, 0.2) is 0 Å². The number of piperidine rings is 1. The zero-order valence-corrected chi connectivity index (χ0v) is 14.2. The van der Waals surface area contributed by atoms with Gasteiger partial charge in [0.05, 0.1) is 13.5 Å². The Balaban J connectivity index is 1.73. The molecule has 0 radical (unpaired) electrons. The predicted octanol–water partition coefficient (Wildman–Crippen LogP) is 1.10. The van der Waals surface area contributed by atoms with E-state index in [9.17, 15) is 14.7 Å². The molecule has 2 aliphatic rings. The van der Waals surface area contributed by atoms with E-state index in [1.807, 2.05) is 31.3 Å². The number of hydrogen-bond donors (Lipinski definition) is 1. The van der Waals surface area contributed by atoms with E-state index in [1.165, 1.54) is 0 Å². The van der Waals surface area contributed by atoms with Crippen LogP contribution < -0.4 is 4.74 Å². The van der Waals surface area contributed by atoms with E-state index in [-0.39, 0.29) is 18.2 Å². The van der Waals surface area contributed by atoms with Crippen LogP contribution in [0.25, 0.3) is 0 Å². The van der Waals surface area contributed by atoms with Gasteiger partial charge >= 0.3 is 5.97 Å². The number of benzene rings is 1. The SMILES string of the molecule is COc1cccc(CC(=O)N2C[C@H]3CCN(C)C[C@@]3(C(=O)O)C2)c1. The summed E-state index contributed by atoms with van der Waals surface area (Å²) in [4.78, 5) is 28.4. The molecular weight excluding hydrogens is 308 g/mol. The van der Waals surface area contributed by atoms with Gasteiger partial charge in [-0.05, 0) is 43.6 Å². The highest BCUT2D eigenvalue weighted by Gasteiger charge is 2.55. The van der Waals surface area contributed by atoms with E-state index in [0.717, 1.165) is 24.3 Å². The van der Waals surface area contributed by atoms with Crippen molar-refractivity contribution in [2.45, 2.75) is 12.8 Å². The molecule has 130 valence electrons. The van der Waals surface area contributed by atoms with Crippen LogP contribution in [0.15, 0.2) is 24.3 Å². The molecule has 6 nitrogen and oxygen atoms in total. The molecule has 24 heavy (non-hydrogen) atoms. The number of hydrogen-bond acceptors (Lipinski definition) is 4. The van der Waals surface area contributed by atoms with Crippen LogP contribution in [0.3, 0.4) is 0 Å². The van der Waals surface area contributed by atoms with Crippen molar-refractivity contribution >= 4 is 11.9 Å². The van der Waals surface area contributed by atoms with Crippen molar-refractivity contribution in [3.8, 4) is 5.75 Å². The third kappa shape index (κ3) is 2.98. The van der Waals surface area contributed by atoms with E-state index in [1.54, 1.807) is 12.0 Å². The molecule has 1 amide bonds. The van der Waals surface area contributed by atoms with Crippen molar-refractivity contribution in [2.24, 2.45) is 11.3 Å². The second-order valence-corrected chi connectivity index (χ2v) is 6.99. The van der Waals surface area contributed by atoms with Crippen molar-refractivity contribution in [3.63, 3.8) is 0 Å². The van der Waals surface area contributed by atoms with E-state index < -0.39 is 11.4 Å². The Bertz CT molecular complexity index is 648. The molecule has 1 aromatic carbocycles. The standard InChI is InChI=1S/C18H24N2O4/c1-19-7-6-14-10-20(12-18(14,11-19)17(22)23)16(21)9-13-4-3-5-15(8-13)24-2/h3-5,8,14H,6-7,9-12H2,1-2H3,(H,22,23)/t14-,18-/m1/s1. The third-order valence-corrected chi connectivity index (χ3v) is 5.37. The topological polar surface area (TPSA) is 70.1 Å². The maximum absolute atomic E-state index is 12.7. The number of likely N-dealkylation sites (tertiary alicyclic amines) is 2. The van der Waals surface area contributed by atoms with E-state index in [0.29, 0.717) is 19.6 Å². The van der Waals surface area contributed by atoms with Crippen molar-refractivity contribution in [2.75, 3.05) is 40.3 Å². The lowest BCUT2D eigenvalue weighted by molar-refractivity contribution is -0.154. The molecule has 0 aliphatic carbocycles. The number of amides is 1. The van der Waals surface area contributed by atoms with Crippen LogP contribution >= 0.6 is 0 Å². The average Bonchev–Trinajstić information content (AvgIpc) is 2.95. The zero-order chi connectivity index (χ0) is 17.3. The lowest BCUT2D eigenvalue weighted by atomic mass is 9.73. The molecule has 6 heteroatoms. The number of fused-ring (bicyclic) bond motifs is 1. The summed E-state index contributed by atoms with van der Waals surface area (Å²) in [5.74, 6) is -0.0313. The van der Waals surface area contributed by atoms with E-state index >= 15 is 0 Å². The molecule has 0 aromatic heterocycles. The number of rotatable bonds is 4. The summed E-state index contributed by atoms with van der Waals surface area (Å²) >= 11 is 0. The fourth-order valence-electron chi connectivity index (χ4n) is 4.03. The van der Waals surface area contributed by atoms with Crippen molar-refractivity contribution in [1.82, 2.24) is 9.80 Å². The van der Waals surface area contributed by atoms with E-state index in [4.69, 9.17) is 4.74 Å². The Morgan fingerprint density at radius 1 is 1.38 bits per heavy atom. The average molecular weight is 332 g/mol. The van der Waals surface area contributed by atoms with Gasteiger partial charge in [-0.2, -0.15) is 0 Å². The molecule has 2 heterocycles. The van der Waals surface area contributed by atoms with Crippen LogP contribution in [-0.2, 0) is 16.0 Å². The minimum Gasteiger partial charge on any atom is -0.497 e. The van der Waals surface area contributed by atoms with Crippen LogP contribution in [-0.4, -0.2) is 67.1 Å². The van der Waals surface area contributed by atoms with Gasteiger partial charge in [-0.15, -0.1) is 0 Å². The molecule has 3 rings (SSSR count). The first kappa shape index (κ1) is 16.8. The Labute approximate surface area is 142 Å². The molecular formula is C18H24N2O4. The van der Waals surface area contributed by atoms with Gasteiger partial charge in [0.2, 0.25) is 5.91 Å². The fourth-order valence-corrected chi connectivity index (χ4v) is 4.03. The number of aliphatic carboxylic acids is 1. The van der Waals surface area contributed by atoms with Gasteiger partial charge in [0.25, 0.3) is 0 Å². The number of carboxylic acids is 1. The monoisotopic (exact) mass is 332 g/mol. The van der Waals surface area contributed by atoms with Gasteiger partial charge in [-0.25, -0.2) is 0 Å². The number of nitrogens with zero attached hydrogens (tertiary/aromatic N) is 2. The fraction of sp³-hybridized carbons (Fsp3) is 0.556. The Morgan fingerprint density at radius 3 is 2.88 bits per heavy atom. The summed E-state index contributed by atoms with van der Waals surface area (Å²) in [6.45, 7) is 2.25. The Kier molecular flexibility index (Phi) is 4.49. The number of carbonyl (C=O) groups is 2. The predicted molar refractivity (Wildman–Crippen MR) is 89.0 cm³/mol. The van der Waals surface area contributed by atoms with Gasteiger partial charge in [-0.1, -0.05) is 12.1 Å². The number of ether oxygens (including phenoxy) is 1. The van der Waals surface area contributed by atoms with Gasteiger partial charge in [-0.3, -0.25) is 9.59 Å². The summed E-state index contributed by atoms with van der Waals surface area (Å²) in [6, 6.07) is 7.44. The van der Waals surface area contributed by atoms with Gasteiger partial charge in [0.1, 0.15) is 11.2 Å². The quantitative estimate of drug-likeness (QED) is 0.894. The molecule has 1 N–H and O–H groups in total. The first-order chi connectivity index (χ1) is 11.4. The smallest absolute Gasteiger partial charge is 0.313 e.